The molecule has 0 unspecified atom stereocenters. The van der Waals surface area contributed by atoms with Crippen LogP contribution < -0.4 is 5.56 Å². The van der Waals surface area contributed by atoms with E-state index >= 15 is 0 Å². The van der Waals surface area contributed by atoms with E-state index in [1.165, 1.54) is 10.9 Å². The number of likely N-dealkylation sites (tertiary alicyclic amines) is 1. The second-order valence-electron chi connectivity index (χ2n) is 7.10. The summed E-state index contributed by atoms with van der Waals surface area (Å²) in [7, 11) is 0. The molecule has 5 rings (SSSR count). The molecule has 8 nitrogen and oxygen atoms in total. The monoisotopic (exact) mass is 386 g/mol. The molecule has 8 heteroatoms. The molecule has 29 heavy (non-hydrogen) atoms. The topological polar surface area (TPSA) is 85.9 Å². The molecule has 0 radical (unpaired) electrons. The Morgan fingerprint density at radius 2 is 1.79 bits per heavy atom. The van der Waals surface area contributed by atoms with Gasteiger partial charge in [-0.2, -0.15) is 0 Å². The molecule has 144 valence electrons. The number of rotatable bonds is 4. The molecule has 1 amide bonds. The van der Waals surface area contributed by atoms with Crippen molar-refractivity contribution in [2.45, 2.75) is 12.6 Å². The maximum absolute atomic E-state index is 12.6. The second kappa shape index (κ2) is 6.97. The van der Waals surface area contributed by atoms with Crippen LogP contribution in [-0.2, 0) is 11.3 Å². The average Bonchev–Trinajstić information content (AvgIpc) is 3.19. The Morgan fingerprint density at radius 3 is 2.62 bits per heavy atom. The lowest BCUT2D eigenvalue weighted by molar-refractivity contribution is -0.137. The van der Waals surface area contributed by atoms with E-state index in [0.29, 0.717) is 24.0 Å². The van der Waals surface area contributed by atoms with Gasteiger partial charge in [-0.05, 0) is 12.1 Å². The van der Waals surface area contributed by atoms with Crippen LogP contribution in [-0.4, -0.2) is 48.4 Å². The summed E-state index contributed by atoms with van der Waals surface area (Å²) in [5.41, 5.74) is 2.24. The van der Waals surface area contributed by atoms with Gasteiger partial charge in [-0.1, -0.05) is 47.7 Å². The fourth-order valence-corrected chi connectivity index (χ4v) is 3.49. The Bertz CT molecular complexity index is 1240. The average molecular weight is 386 g/mol. The molecule has 0 aliphatic carbocycles. The second-order valence-corrected chi connectivity index (χ2v) is 7.10. The molecule has 4 aromatic rings. The van der Waals surface area contributed by atoms with Crippen molar-refractivity contribution in [1.29, 1.82) is 0 Å². The molecule has 0 N–H and O–H groups in total. The van der Waals surface area contributed by atoms with E-state index in [9.17, 15) is 9.59 Å². The summed E-state index contributed by atoms with van der Waals surface area (Å²) in [6, 6.07) is 17.1. The number of para-hydroxylation sites is 1. The van der Waals surface area contributed by atoms with E-state index in [2.05, 4.69) is 15.3 Å². The van der Waals surface area contributed by atoms with Gasteiger partial charge in [0.2, 0.25) is 5.91 Å². The maximum atomic E-state index is 12.6. The SMILES string of the molecule is O=C(Cn1cnc2ccccc2c1=O)N1CC(n2cc(-c3ccccc3)nn2)C1. The minimum Gasteiger partial charge on any atom is -0.337 e. The third-order valence-electron chi connectivity index (χ3n) is 5.21. The lowest BCUT2D eigenvalue weighted by atomic mass is 10.1. The van der Waals surface area contributed by atoms with Crippen LogP contribution in [0.25, 0.3) is 22.2 Å². The van der Waals surface area contributed by atoms with Crippen LogP contribution in [0.4, 0.5) is 0 Å². The number of amides is 1. The number of hydrogen-bond donors (Lipinski definition) is 0. The third-order valence-corrected chi connectivity index (χ3v) is 5.21. The first kappa shape index (κ1) is 17.3. The van der Waals surface area contributed by atoms with E-state index in [0.717, 1.165) is 11.3 Å². The maximum Gasteiger partial charge on any atom is 0.261 e. The van der Waals surface area contributed by atoms with Crippen molar-refractivity contribution in [3.63, 3.8) is 0 Å². The number of benzene rings is 2. The number of hydrogen-bond acceptors (Lipinski definition) is 5. The van der Waals surface area contributed by atoms with Crippen molar-refractivity contribution in [2.75, 3.05) is 13.1 Å². The van der Waals surface area contributed by atoms with Crippen LogP contribution in [0.3, 0.4) is 0 Å². The summed E-state index contributed by atoms with van der Waals surface area (Å²) in [5.74, 6) is -0.108. The van der Waals surface area contributed by atoms with Gasteiger partial charge in [0.1, 0.15) is 12.2 Å². The highest BCUT2D eigenvalue weighted by molar-refractivity contribution is 5.79. The minimum absolute atomic E-state index is 0.0178. The minimum atomic E-state index is -0.204. The standard InChI is InChI=1S/C21H18N6O2/c28-20(13-26-14-22-18-9-5-4-8-17(18)21(26)29)25-10-16(11-25)27-12-19(23-24-27)15-6-2-1-3-7-15/h1-9,12,14,16H,10-11,13H2. The predicted molar refractivity (Wildman–Crippen MR) is 107 cm³/mol. The fourth-order valence-electron chi connectivity index (χ4n) is 3.49. The van der Waals surface area contributed by atoms with Gasteiger partial charge < -0.3 is 4.90 Å². The molecular weight excluding hydrogens is 368 g/mol. The van der Waals surface area contributed by atoms with E-state index in [1.54, 1.807) is 27.8 Å². The molecule has 1 aliphatic heterocycles. The van der Waals surface area contributed by atoms with Crippen molar-refractivity contribution in [2.24, 2.45) is 0 Å². The van der Waals surface area contributed by atoms with Gasteiger partial charge in [0.15, 0.2) is 0 Å². The van der Waals surface area contributed by atoms with Crippen LogP contribution in [0.5, 0.6) is 0 Å². The van der Waals surface area contributed by atoms with Crippen molar-refractivity contribution in [3.05, 3.63) is 77.5 Å². The van der Waals surface area contributed by atoms with Crippen LogP contribution in [0, 0.1) is 0 Å². The van der Waals surface area contributed by atoms with Gasteiger partial charge in [-0.3, -0.25) is 14.2 Å². The molecule has 1 aliphatic rings. The fraction of sp³-hybridized carbons (Fsp3) is 0.190. The summed E-state index contributed by atoms with van der Waals surface area (Å²) >= 11 is 0. The van der Waals surface area contributed by atoms with Crippen molar-refractivity contribution >= 4 is 16.8 Å². The molecule has 3 heterocycles. The smallest absolute Gasteiger partial charge is 0.261 e. The Balaban J connectivity index is 1.25. The largest absolute Gasteiger partial charge is 0.337 e. The number of carbonyl (C=O) groups is 1. The van der Waals surface area contributed by atoms with Crippen molar-refractivity contribution in [1.82, 2.24) is 29.4 Å². The van der Waals surface area contributed by atoms with Crippen LogP contribution in [0.15, 0.2) is 71.9 Å². The first-order valence-electron chi connectivity index (χ1n) is 9.38. The molecule has 0 atom stereocenters. The number of aromatic nitrogens is 5. The van der Waals surface area contributed by atoms with E-state index in [1.807, 2.05) is 42.6 Å². The zero-order valence-electron chi connectivity index (χ0n) is 15.5. The van der Waals surface area contributed by atoms with Crippen LogP contribution in [0.2, 0.25) is 0 Å². The van der Waals surface area contributed by atoms with Gasteiger partial charge in [0, 0.05) is 18.7 Å². The molecule has 0 spiro atoms. The highest BCUT2D eigenvalue weighted by atomic mass is 16.2. The molecular formula is C21H18N6O2. The lowest BCUT2D eigenvalue weighted by Crippen LogP contribution is -2.52. The molecule has 1 fully saturated rings. The number of fused-ring (bicyclic) bond motifs is 1. The first-order valence-corrected chi connectivity index (χ1v) is 9.38. The van der Waals surface area contributed by atoms with E-state index in [4.69, 9.17) is 0 Å². The molecule has 0 saturated carbocycles. The highest BCUT2D eigenvalue weighted by Crippen LogP contribution is 2.23. The summed E-state index contributed by atoms with van der Waals surface area (Å²) in [5, 5.41) is 8.94. The van der Waals surface area contributed by atoms with Crippen LogP contribution in [0.1, 0.15) is 6.04 Å². The lowest BCUT2D eigenvalue weighted by Gasteiger charge is -2.38. The predicted octanol–water partition coefficient (Wildman–Crippen LogP) is 1.74. The molecule has 1 saturated heterocycles. The first-order chi connectivity index (χ1) is 14.2. The van der Waals surface area contributed by atoms with Gasteiger partial charge in [-0.15, -0.1) is 5.10 Å². The zero-order valence-corrected chi connectivity index (χ0v) is 15.5. The summed E-state index contributed by atoms with van der Waals surface area (Å²) in [6.45, 7) is 1.08. The Kier molecular flexibility index (Phi) is 4.16. The van der Waals surface area contributed by atoms with Crippen molar-refractivity contribution in [3.8, 4) is 11.3 Å². The summed E-state index contributed by atoms with van der Waals surface area (Å²) in [6.07, 6.45) is 3.34. The number of carbonyl (C=O) groups excluding carboxylic acids is 1. The van der Waals surface area contributed by atoms with Gasteiger partial charge in [-0.25, -0.2) is 9.67 Å². The van der Waals surface area contributed by atoms with Crippen LogP contribution >= 0.6 is 0 Å². The molecule has 0 bridgehead atoms. The van der Waals surface area contributed by atoms with Gasteiger partial charge in [0.05, 0.1) is 29.5 Å². The number of nitrogens with zero attached hydrogens (tertiary/aromatic N) is 6. The Labute approximate surface area is 166 Å². The third kappa shape index (κ3) is 3.18. The Hall–Kier alpha value is -3.81. The quantitative estimate of drug-likeness (QED) is 0.533. The Morgan fingerprint density at radius 1 is 1.03 bits per heavy atom. The normalized spacial score (nSPS) is 14.1. The van der Waals surface area contributed by atoms with E-state index < -0.39 is 0 Å². The zero-order chi connectivity index (χ0) is 19.8. The molecule has 2 aromatic heterocycles. The highest BCUT2D eigenvalue weighted by Gasteiger charge is 2.33. The molecule has 2 aromatic carbocycles. The van der Waals surface area contributed by atoms with Gasteiger partial charge >= 0.3 is 0 Å². The van der Waals surface area contributed by atoms with Gasteiger partial charge in [0.25, 0.3) is 5.56 Å². The summed E-state index contributed by atoms with van der Waals surface area (Å²) < 4.78 is 3.16. The van der Waals surface area contributed by atoms with E-state index in [-0.39, 0.29) is 24.1 Å². The summed E-state index contributed by atoms with van der Waals surface area (Å²) in [4.78, 5) is 31.1. The van der Waals surface area contributed by atoms with Crippen molar-refractivity contribution < 1.29 is 4.79 Å².